The third-order valence-corrected chi connectivity index (χ3v) is 3.27. The van der Waals surface area contributed by atoms with Gasteiger partial charge < -0.3 is 5.32 Å². The Morgan fingerprint density at radius 3 is 2.40 bits per heavy atom. The summed E-state index contributed by atoms with van der Waals surface area (Å²) in [6.07, 6.45) is 0. The van der Waals surface area contributed by atoms with Gasteiger partial charge in [0.15, 0.2) is 0 Å². The summed E-state index contributed by atoms with van der Waals surface area (Å²) in [4.78, 5) is 11.9. The molecule has 0 spiro atoms. The summed E-state index contributed by atoms with van der Waals surface area (Å²) in [6.45, 7) is 3.86. The average molecular weight is 279 g/mol. The van der Waals surface area contributed by atoms with Crippen molar-refractivity contribution in [2.24, 2.45) is 7.05 Å². The zero-order chi connectivity index (χ0) is 14.9. The molecule has 0 fully saturated rings. The van der Waals surface area contributed by atoms with E-state index >= 15 is 0 Å². The van der Waals surface area contributed by atoms with Gasteiger partial charge in [0, 0.05) is 24.8 Å². The summed E-state index contributed by atoms with van der Waals surface area (Å²) < 4.78 is 28.6. The molecule has 0 atom stereocenters. The first-order valence-corrected chi connectivity index (χ1v) is 6.13. The smallest absolute Gasteiger partial charge is 0.257 e. The molecule has 106 valence electrons. The van der Waals surface area contributed by atoms with Crippen LogP contribution in [0.4, 0.5) is 8.78 Å². The van der Waals surface area contributed by atoms with E-state index in [2.05, 4.69) is 10.4 Å². The van der Waals surface area contributed by atoms with Gasteiger partial charge in [0.25, 0.3) is 5.91 Å². The van der Waals surface area contributed by atoms with Gasteiger partial charge >= 0.3 is 0 Å². The molecular formula is C14H15F2N3O. The quantitative estimate of drug-likeness (QED) is 0.936. The van der Waals surface area contributed by atoms with Crippen molar-refractivity contribution in [2.45, 2.75) is 20.4 Å². The number of benzene rings is 1. The summed E-state index contributed by atoms with van der Waals surface area (Å²) in [5.41, 5.74) is 1.96. The molecule has 2 aromatic rings. The molecule has 0 aliphatic rings. The molecule has 6 heteroatoms. The van der Waals surface area contributed by atoms with Crippen LogP contribution in [0.2, 0.25) is 0 Å². The molecule has 2 rings (SSSR count). The minimum atomic E-state index is -0.873. The van der Waals surface area contributed by atoms with Crippen LogP contribution in [0.15, 0.2) is 18.2 Å². The highest BCUT2D eigenvalue weighted by atomic mass is 19.1. The van der Waals surface area contributed by atoms with Gasteiger partial charge in [0.05, 0.1) is 5.69 Å². The number of hydrogen-bond acceptors (Lipinski definition) is 2. The number of aromatic nitrogens is 2. The van der Waals surface area contributed by atoms with Gasteiger partial charge in [0.1, 0.15) is 17.2 Å². The predicted octanol–water partition coefficient (Wildman–Crippen LogP) is 2.25. The molecular weight excluding hydrogens is 264 g/mol. The van der Waals surface area contributed by atoms with Crippen LogP contribution in [0.1, 0.15) is 27.3 Å². The minimum absolute atomic E-state index is 0.179. The number of nitrogens with zero attached hydrogens (tertiary/aromatic N) is 2. The van der Waals surface area contributed by atoms with Gasteiger partial charge in [-0.2, -0.15) is 5.10 Å². The molecule has 4 nitrogen and oxygen atoms in total. The lowest BCUT2D eigenvalue weighted by Crippen LogP contribution is -2.25. The zero-order valence-electron chi connectivity index (χ0n) is 11.5. The Balaban J connectivity index is 2.17. The zero-order valence-corrected chi connectivity index (χ0v) is 11.5. The van der Waals surface area contributed by atoms with E-state index in [1.54, 1.807) is 11.7 Å². The van der Waals surface area contributed by atoms with Gasteiger partial charge in [-0.15, -0.1) is 0 Å². The summed E-state index contributed by atoms with van der Waals surface area (Å²) in [5.74, 6) is -2.52. The first kappa shape index (κ1) is 14.2. The van der Waals surface area contributed by atoms with E-state index in [9.17, 15) is 13.6 Å². The highest BCUT2D eigenvalue weighted by Gasteiger charge is 2.18. The minimum Gasteiger partial charge on any atom is -0.348 e. The number of halogens is 2. The maximum absolute atomic E-state index is 13.5. The van der Waals surface area contributed by atoms with Crippen molar-refractivity contribution < 1.29 is 13.6 Å². The molecule has 0 bridgehead atoms. The lowest BCUT2D eigenvalue weighted by Gasteiger charge is -2.07. The lowest BCUT2D eigenvalue weighted by atomic mass is 10.1. The average Bonchev–Trinajstić information content (AvgIpc) is 2.61. The third-order valence-electron chi connectivity index (χ3n) is 3.27. The highest BCUT2D eigenvalue weighted by Crippen LogP contribution is 2.14. The summed E-state index contributed by atoms with van der Waals surface area (Å²) >= 11 is 0. The number of carbonyl (C=O) groups is 1. The van der Waals surface area contributed by atoms with E-state index < -0.39 is 23.1 Å². The van der Waals surface area contributed by atoms with Gasteiger partial charge in [0.2, 0.25) is 0 Å². The third kappa shape index (κ3) is 2.54. The maximum atomic E-state index is 13.5. The van der Waals surface area contributed by atoms with E-state index in [4.69, 9.17) is 0 Å². The topological polar surface area (TPSA) is 46.9 Å². The normalized spacial score (nSPS) is 10.7. The Morgan fingerprint density at radius 1 is 1.30 bits per heavy atom. The molecule has 0 aliphatic carbocycles. The van der Waals surface area contributed by atoms with E-state index in [0.29, 0.717) is 0 Å². The number of rotatable bonds is 3. The van der Waals surface area contributed by atoms with Gasteiger partial charge in [-0.1, -0.05) is 6.07 Å². The molecule has 20 heavy (non-hydrogen) atoms. The molecule has 1 aromatic heterocycles. The van der Waals surface area contributed by atoms with Crippen molar-refractivity contribution in [3.05, 3.63) is 52.3 Å². The van der Waals surface area contributed by atoms with Crippen LogP contribution in [0.5, 0.6) is 0 Å². The molecule has 0 aliphatic heterocycles. The van der Waals surface area contributed by atoms with Crippen LogP contribution in [0, 0.1) is 25.5 Å². The molecule has 1 amide bonds. The van der Waals surface area contributed by atoms with Crippen LogP contribution in [0.25, 0.3) is 0 Å². The fraction of sp³-hybridized carbons (Fsp3) is 0.286. The molecule has 0 saturated carbocycles. The van der Waals surface area contributed by atoms with E-state index in [0.717, 1.165) is 29.1 Å². The van der Waals surface area contributed by atoms with Crippen LogP contribution < -0.4 is 5.32 Å². The first-order chi connectivity index (χ1) is 9.41. The summed E-state index contributed by atoms with van der Waals surface area (Å²) in [5, 5.41) is 6.73. The van der Waals surface area contributed by atoms with Gasteiger partial charge in [-0.05, 0) is 26.0 Å². The summed E-state index contributed by atoms with van der Waals surface area (Å²) in [7, 11) is 1.80. The number of amides is 1. The van der Waals surface area contributed by atoms with Crippen LogP contribution in [-0.4, -0.2) is 15.7 Å². The van der Waals surface area contributed by atoms with Crippen molar-refractivity contribution >= 4 is 5.91 Å². The second-order valence-corrected chi connectivity index (χ2v) is 4.55. The molecule has 0 saturated heterocycles. The Morgan fingerprint density at radius 2 is 1.90 bits per heavy atom. The van der Waals surface area contributed by atoms with Gasteiger partial charge in [-0.3, -0.25) is 9.48 Å². The van der Waals surface area contributed by atoms with E-state index in [-0.39, 0.29) is 6.54 Å². The monoisotopic (exact) mass is 279 g/mol. The second kappa shape index (κ2) is 5.40. The van der Waals surface area contributed by atoms with Gasteiger partial charge in [-0.25, -0.2) is 8.78 Å². The van der Waals surface area contributed by atoms with E-state index in [1.165, 1.54) is 6.07 Å². The fourth-order valence-electron chi connectivity index (χ4n) is 2.05. The molecule has 1 N–H and O–H groups in total. The van der Waals surface area contributed by atoms with Crippen molar-refractivity contribution in [1.29, 1.82) is 0 Å². The predicted molar refractivity (Wildman–Crippen MR) is 70.2 cm³/mol. The van der Waals surface area contributed by atoms with Crippen LogP contribution >= 0.6 is 0 Å². The number of carbonyl (C=O) groups excluding carboxylic acids is 1. The molecule has 0 unspecified atom stereocenters. The molecule has 1 heterocycles. The standard InChI is InChI=1S/C14H15F2N3O/c1-8-10(9(2)19(3)18-8)7-17-14(20)13-11(15)5-4-6-12(13)16/h4-6H,7H2,1-3H3,(H,17,20). The Bertz CT molecular complexity index is 644. The van der Waals surface area contributed by atoms with E-state index in [1.807, 2.05) is 13.8 Å². The van der Waals surface area contributed by atoms with Crippen LogP contribution in [0.3, 0.4) is 0 Å². The largest absolute Gasteiger partial charge is 0.348 e. The lowest BCUT2D eigenvalue weighted by molar-refractivity contribution is 0.0942. The van der Waals surface area contributed by atoms with Crippen molar-refractivity contribution in [1.82, 2.24) is 15.1 Å². The van der Waals surface area contributed by atoms with Crippen molar-refractivity contribution in [3.63, 3.8) is 0 Å². The summed E-state index contributed by atoms with van der Waals surface area (Å²) in [6, 6.07) is 3.33. The second-order valence-electron chi connectivity index (χ2n) is 4.55. The first-order valence-electron chi connectivity index (χ1n) is 6.13. The highest BCUT2D eigenvalue weighted by molar-refractivity contribution is 5.94. The fourth-order valence-corrected chi connectivity index (χ4v) is 2.05. The molecule has 0 radical (unpaired) electrons. The number of hydrogen-bond donors (Lipinski definition) is 1. The Kier molecular flexibility index (Phi) is 3.83. The molecule has 1 aromatic carbocycles. The van der Waals surface area contributed by atoms with Crippen LogP contribution in [-0.2, 0) is 13.6 Å². The maximum Gasteiger partial charge on any atom is 0.257 e. The Labute approximate surface area is 115 Å². The van der Waals surface area contributed by atoms with Crippen molar-refractivity contribution in [3.8, 4) is 0 Å². The Hall–Kier alpha value is -2.24. The number of nitrogens with one attached hydrogen (secondary N) is 1. The SMILES string of the molecule is Cc1nn(C)c(C)c1CNC(=O)c1c(F)cccc1F. The van der Waals surface area contributed by atoms with Crippen molar-refractivity contribution in [2.75, 3.05) is 0 Å². The number of aryl methyl sites for hydroxylation is 2.